The number of carboxylic acids is 1. The molecule has 22 heavy (non-hydrogen) atoms. The molecule has 0 fully saturated rings. The van der Waals surface area contributed by atoms with E-state index in [1.54, 1.807) is 0 Å². The average Bonchev–Trinajstić information content (AvgIpc) is 2.47. The molecule has 1 atom stereocenters. The summed E-state index contributed by atoms with van der Waals surface area (Å²) in [5.41, 5.74) is 0. The number of hydrogen-bond acceptors (Lipinski definition) is 3. The summed E-state index contributed by atoms with van der Waals surface area (Å²) in [6.07, 6.45) is 19.0. The normalized spacial score (nSPS) is 12.6. The monoisotopic (exact) mass is 318 g/mol. The van der Waals surface area contributed by atoms with Crippen molar-refractivity contribution in [3.63, 3.8) is 0 Å². The van der Waals surface area contributed by atoms with Crippen LogP contribution in [0.4, 0.5) is 0 Å². The van der Waals surface area contributed by atoms with Gasteiger partial charge in [-0.1, -0.05) is 63.3 Å². The molecule has 0 radical (unpaired) electrons. The van der Waals surface area contributed by atoms with Crippen LogP contribution >= 0.6 is 0 Å². The molecule has 0 aliphatic rings. The number of allylic oxidation sites excluding steroid dienone is 4. The van der Waals surface area contributed by atoms with Crippen LogP contribution in [-0.2, 0) is 4.79 Å². The summed E-state index contributed by atoms with van der Waals surface area (Å²) < 4.78 is 0. The molecule has 0 rings (SSSR count). The number of aliphatic hydroxyl groups is 1. The quantitative estimate of drug-likeness (QED) is 0.289. The Hall–Kier alpha value is -0.0900. The van der Waals surface area contributed by atoms with E-state index >= 15 is 0 Å². The van der Waals surface area contributed by atoms with Gasteiger partial charge in [0.05, 0.1) is 12.1 Å². The molecule has 0 spiro atoms. The zero-order valence-electron chi connectivity index (χ0n) is 14.4. The fourth-order valence-corrected chi connectivity index (χ4v) is 2.09. The molecule has 122 valence electrons. The van der Waals surface area contributed by atoms with Crippen molar-refractivity contribution in [1.82, 2.24) is 0 Å². The molecule has 0 saturated carbocycles. The van der Waals surface area contributed by atoms with E-state index in [1.807, 2.05) is 0 Å². The number of unbranched alkanes of at least 4 members (excludes halogenated alkanes) is 7. The van der Waals surface area contributed by atoms with E-state index in [4.69, 9.17) is 5.11 Å². The second kappa shape index (κ2) is 19.0. The van der Waals surface area contributed by atoms with Gasteiger partial charge in [0, 0.05) is 0 Å². The third kappa shape index (κ3) is 18.0. The summed E-state index contributed by atoms with van der Waals surface area (Å²) in [5, 5.41) is 19.3. The predicted molar refractivity (Wildman–Crippen MR) is 85.8 cm³/mol. The number of aliphatic hydroxyl groups excluding tert-OH is 1. The summed E-state index contributed by atoms with van der Waals surface area (Å²) in [5.74, 6) is -1.36. The van der Waals surface area contributed by atoms with E-state index in [-0.39, 0.29) is 29.6 Å². The summed E-state index contributed by atoms with van der Waals surface area (Å²) >= 11 is 0. The summed E-state index contributed by atoms with van der Waals surface area (Å²) in [4.78, 5) is 10.3. The third-order valence-electron chi connectivity index (χ3n) is 3.45. The van der Waals surface area contributed by atoms with Crippen molar-refractivity contribution in [3.05, 3.63) is 24.3 Å². The zero-order chi connectivity index (χ0) is 15.8. The molecule has 0 bridgehead atoms. The Bertz CT molecular complexity index is 301. The maximum Gasteiger partial charge on any atom is 1.00 e. The summed E-state index contributed by atoms with van der Waals surface area (Å²) in [7, 11) is 0. The minimum Gasteiger partial charge on any atom is -0.547 e. The Kier molecular flexibility index (Phi) is 20.8. The Morgan fingerprint density at radius 2 is 1.50 bits per heavy atom. The van der Waals surface area contributed by atoms with Gasteiger partial charge >= 0.3 is 29.6 Å². The van der Waals surface area contributed by atoms with E-state index in [1.165, 1.54) is 25.7 Å². The van der Waals surface area contributed by atoms with Gasteiger partial charge in [0.2, 0.25) is 0 Å². The molecule has 1 N–H and O–H groups in total. The molecule has 1 unspecified atom stereocenters. The molecule has 0 aromatic heterocycles. The molecule has 0 aliphatic carbocycles. The molecule has 3 nitrogen and oxygen atoms in total. The summed E-state index contributed by atoms with van der Waals surface area (Å²) in [6, 6.07) is 0. The molecule has 0 heterocycles. The molecular formula is C18H31NaO3. The first-order valence-electron chi connectivity index (χ1n) is 8.37. The van der Waals surface area contributed by atoms with Crippen molar-refractivity contribution in [1.29, 1.82) is 0 Å². The minimum atomic E-state index is -1.36. The van der Waals surface area contributed by atoms with Crippen molar-refractivity contribution in [3.8, 4) is 0 Å². The summed E-state index contributed by atoms with van der Waals surface area (Å²) in [6.45, 7) is 2.22. The molecule has 0 aromatic carbocycles. The van der Waals surface area contributed by atoms with Crippen LogP contribution in [0.1, 0.15) is 77.6 Å². The van der Waals surface area contributed by atoms with Crippen LogP contribution in [0, 0.1) is 0 Å². The third-order valence-corrected chi connectivity index (χ3v) is 3.45. The maximum atomic E-state index is 10.3. The second-order valence-corrected chi connectivity index (χ2v) is 5.50. The van der Waals surface area contributed by atoms with E-state index in [0.717, 1.165) is 38.5 Å². The van der Waals surface area contributed by atoms with Crippen LogP contribution in [0.2, 0.25) is 0 Å². The Morgan fingerprint density at radius 1 is 0.955 bits per heavy atom. The maximum absolute atomic E-state index is 10.3. The standard InChI is InChI=1S/C18H32O3.Na/c1-2-3-4-5-6-7-8-9-10-11-12-13-14-15-16-17(19)18(20)21;/h6-7,9-10,17,19H,2-5,8,11-16H2,1H3,(H,20,21);/q;+1/p-1. The minimum absolute atomic E-state index is 0. The largest absolute Gasteiger partial charge is 1.00 e. The van der Waals surface area contributed by atoms with Crippen molar-refractivity contribution >= 4 is 5.97 Å². The van der Waals surface area contributed by atoms with Crippen molar-refractivity contribution < 1.29 is 44.6 Å². The SMILES string of the molecule is CCCCCC=CCC=CCCCCCCC(O)C(=O)[O-].[Na+]. The van der Waals surface area contributed by atoms with Crippen molar-refractivity contribution in [2.45, 2.75) is 83.7 Å². The first-order chi connectivity index (χ1) is 10.2. The molecular weight excluding hydrogens is 287 g/mol. The van der Waals surface area contributed by atoms with Gasteiger partial charge < -0.3 is 15.0 Å². The number of carbonyl (C=O) groups is 1. The van der Waals surface area contributed by atoms with Crippen LogP contribution in [0.3, 0.4) is 0 Å². The molecule has 0 saturated heterocycles. The van der Waals surface area contributed by atoms with E-state index < -0.39 is 12.1 Å². The van der Waals surface area contributed by atoms with Crippen LogP contribution in [0.25, 0.3) is 0 Å². The number of hydrogen-bond donors (Lipinski definition) is 1. The molecule has 0 aliphatic heterocycles. The first-order valence-corrected chi connectivity index (χ1v) is 8.37. The fourth-order valence-electron chi connectivity index (χ4n) is 2.09. The Balaban J connectivity index is 0. The van der Waals surface area contributed by atoms with Crippen LogP contribution in [-0.4, -0.2) is 17.2 Å². The fraction of sp³-hybridized carbons (Fsp3) is 0.722. The second-order valence-electron chi connectivity index (χ2n) is 5.50. The van der Waals surface area contributed by atoms with Crippen LogP contribution in [0.5, 0.6) is 0 Å². The number of aliphatic carboxylic acids is 1. The molecule has 4 heteroatoms. The van der Waals surface area contributed by atoms with E-state index in [9.17, 15) is 9.90 Å². The Labute approximate surface area is 158 Å². The predicted octanol–water partition coefficient (Wildman–Crippen LogP) is 0.525. The number of carbonyl (C=O) groups excluding carboxylic acids is 1. The van der Waals surface area contributed by atoms with E-state index in [2.05, 4.69) is 31.2 Å². The smallest absolute Gasteiger partial charge is 0.547 e. The van der Waals surface area contributed by atoms with Gasteiger partial charge in [-0.05, 0) is 38.5 Å². The van der Waals surface area contributed by atoms with Crippen molar-refractivity contribution in [2.75, 3.05) is 0 Å². The van der Waals surface area contributed by atoms with Crippen molar-refractivity contribution in [2.24, 2.45) is 0 Å². The molecule has 0 amide bonds. The Morgan fingerprint density at radius 3 is 2.05 bits per heavy atom. The van der Waals surface area contributed by atoms with Gasteiger partial charge in [0.15, 0.2) is 0 Å². The van der Waals surface area contributed by atoms with Gasteiger partial charge in [-0.2, -0.15) is 0 Å². The van der Waals surface area contributed by atoms with Crippen LogP contribution in [0.15, 0.2) is 24.3 Å². The van der Waals surface area contributed by atoms with Gasteiger partial charge in [0.25, 0.3) is 0 Å². The van der Waals surface area contributed by atoms with Gasteiger partial charge in [-0.15, -0.1) is 0 Å². The topological polar surface area (TPSA) is 60.4 Å². The van der Waals surface area contributed by atoms with E-state index in [0.29, 0.717) is 6.42 Å². The van der Waals surface area contributed by atoms with Gasteiger partial charge in [-0.3, -0.25) is 0 Å². The van der Waals surface area contributed by atoms with Crippen LogP contribution < -0.4 is 34.7 Å². The average molecular weight is 318 g/mol. The molecule has 0 aromatic rings. The zero-order valence-corrected chi connectivity index (χ0v) is 16.4. The van der Waals surface area contributed by atoms with Gasteiger partial charge in [-0.25, -0.2) is 0 Å². The van der Waals surface area contributed by atoms with Gasteiger partial charge in [0.1, 0.15) is 0 Å². The number of rotatable bonds is 14. The number of carboxylic acid groups (broad SMARTS) is 1. The first kappa shape index (κ1) is 24.2.